The van der Waals surface area contributed by atoms with Crippen molar-refractivity contribution >= 4 is 26.0 Å². The van der Waals surface area contributed by atoms with Gasteiger partial charge in [0.1, 0.15) is 6.54 Å². The molecule has 0 rings (SSSR count). The summed E-state index contributed by atoms with van der Waals surface area (Å²) in [6, 6.07) is -0.510. The molecule has 0 bridgehead atoms. The minimum atomic E-state index is -3.82. The van der Waals surface area contributed by atoms with Gasteiger partial charge < -0.3 is 5.11 Å². The van der Waals surface area contributed by atoms with Crippen LogP contribution in [0.3, 0.4) is 0 Å². The standard InChI is InChI=1S/C9H20N2O6S2/c1-4-18(14,15)10-5-6-19(16,17)11(8(2)3)7-9(12)13/h8,10H,4-7H2,1-3H3,(H,12,13). The number of hydrogen-bond acceptors (Lipinski definition) is 5. The second-order valence-electron chi connectivity index (χ2n) is 4.15. The van der Waals surface area contributed by atoms with E-state index in [-0.39, 0.29) is 12.3 Å². The first-order chi connectivity index (χ1) is 8.52. The van der Waals surface area contributed by atoms with E-state index in [4.69, 9.17) is 5.11 Å². The van der Waals surface area contributed by atoms with Crippen LogP contribution in [0.4, 0.5) is 0 Å². The summed E-state index contributed by atoms with van der Waals surface area (Å²) in [5, 5.41) is 8.67. The third-order valence-electron chi connectivity index (χ3n) is 2.29. The Balaban J connectivity index is 4.71. The summed E-state index contributed by atoms with van der Waals surface area (Å²) in [6.07, 6.45) is 0. The highest BCUT2D eigenvalue weighted by atomic mass is 32.2. The van der Waals surface area contributed by atoms with Crippen molar-refractivity contribution in [3.8, 4) is 0 Å². The average molecular weight is 316 g/mol. The highest BCUT2D eigenvalue weighted by Crippen LogP contribution is 2.07. The molecule has 0 amide bonds. The molecule has 8 nitrogen and oxygen atoms in total. The van der Waals surface area contributed by atoms with Crippen molar-refractivity contribution in [1.82, 2.24) is 9.03 Å². The van der Waals surface area contributed by atoms with Gasteiger partial charge in [-0.1, -0.05) is 0 Å². The first-order valence-electron chi connectivity index (χ1n) is 5.70. The van der Waals surface area contributed by atoms with Crippen LogP contribution < -0.4 is 4.72 Å². The summed E-state index contributed by atoms with van der Waals surface area (Å²) in [6.45, 7) is 3.62. The van der Waals surface area contributed by atoms with Crippen LogP contribution in [0.1, 0.15) is 20.8 Å². The first-order valence-corrected chi connectivity index (χ1v) is 8.96. The molecular formula is C9H20N2O6S2. The lowest BCUT2D eigenvalue weighted by Gasteiger charge is -2.24. The quantitative estimate of drug-likeness (QED) is 0.566. The SMILES string of the molecule is CCS(=O)(=O)NCCS(=O)(=O)N(CC(=O)O)C(C)C. The number of hydrogen-bond donors (Lipinski definition) is 2. The van der Waals surface area contributed by atoms with Crippen LogP contribution in [-0.4, -0.2) is 62.9 Å². The number of carboxylic acid groups (broad SMARTS) is 1. The van der Waals surface area contributed by atoms with Crippen LogP contribution in [0.5, 0.6) is 0 Å². The predicted octanol–water partition coefficient (Wildman–Crippen LogP) is -0.949. The fraction of sp³-hybridized carbons (Fsp3) is 0.889. The molecule has 10 heteroatoms. The van der Waals surface area contributed by atoms with Crippen molar-refractivity contribution in [1.29, 1.82) is 0 Å². The fourth-order valence-corrected chi connectivity index (χ4v) is 3.57. The van der Waals surface area contributed by atoms with Crippen LogP contribution >= 0.6 is 0 Å². The summed E-state index contributed by atoms with van der Waals surface area (Å²) in [5.41, 5.74) is 0. The number of aliphatic carboxylic acids is 1. The molecule has 0 aliphatic rings. The van der Waals surface area contributed by atoms with Crippen molar-refractivity contribution in [2.24, 2.45) is 0 Å². The summed E-state index contributed by atoms with van der Waals surface area (Å²) >= 11 is 0. The zero-order valence-corrected chi connectivity index (χ0v) is 12.8. The number of carboxylic acids is 1. The largest absolute Gasteiger partial charge is 0.480 e. The van der Waals surface area contributed by atoms with Crippen LogP contribution in [0, 0.1) is 0 Å². The van der Waals surface area contributed by atoms with E-state index in [9.17, 15) is 21.6 Å². The Bertz CT molecular complexity index is 497. The van der Waals surface area contributed by atoms with E-state index < -0.39 is 44.4 Å². The number of rotatable bonds is 9. The first kappa shape index (κ1) is 18.3. The molecule has 0 radical (unpaired) electrons. The van der Waals surface area contributed by atoms with Gasteiger partial charge in [0, 0.05) is 12.6 Å². The van der Waals surface area contributed by atoms with Gasteiger partial charge in [0.05, 0.1) is 11.5 Å². The maximum Gasteiger partial charge on any atom is 0.318 e. The van der Waals surface area contributed by atoms with Gasteiger partial charge in [0.2, 0.25) is 20.0 Å². The molecule has 0 aromatic carbocycles. The van der Waals surface area contributed by atoms with Crippen molar-refractivity contribution in [3.05, 3.63) is 0 Å². The van der Waals surface area contributed by atoms with Gasteiger partial charge in [0.15, 0.2) is 0 Å². The Morgan fingerprint density at radius 1 is 1.26 bits per heavy atom. The number of carbonyl (C=O) groups is 1. The summed E-state index contributed by atoms with van der Waals surface area (Å²) in [5.74, 6) is -1.88. The lowest BCUT2D eigenvalue weighted by atomic mass is 10.4. The number of nitrogens with one attached hydrogen (secondary N) is 1. The van der Waals surface area contributed by atoms with Gasteiger partial charge >= 0.3 is 5.97 Å². The maximum atomic E-state index is 11.9. The van der Waals surface area contributed by atoms with Gasteiger partial charge in [-0.05, 0) is 20.8 Å². The Labute approximate surface area is 113 Å². The maximum absolute atomic E-state index is 11.9. The zero-order valence-electron chi connectivity index (χ0n) is 11.2. The van der Waals surface area contributed by atoms with Gasteiger partial charge in [0.25, 0.3) is 0 Å². The van der Waals surface area contributed by atoms with E-state index >= 15 is 0 Å². The highest BCUT2D eigenvalue weighted by molar-refractivity contribution is 7.90. The second kappa shape index (κ2) is 7.17. The molecule has 0 aliphatic heterocycles. The minimum Gasteiger partial charge on any atom is -0.480 e. The molecule has 0 aromatic rings. The second-order valence-corrected chi connectivity index (χ2v) is 8.28. The van der Waals surface area contributed by atoms with Gasteiger partial charge in [-0.3, -0.25) is 4.79 Å². The Hall–Kier alpha value is -0.710. The molecule has 0 aromatic heterocycles. The van der Waals surface area contributed by atoms with Crippen molar-refractivity contribution in [2.45, 2.75) is 26.8 Å². The third-order valence-corrected chi connectivity index (χ3v) is 5.68. The molecule has 19 heavy (non-hydrogen) atoms. The molecule has 114 valence electrons. The smallest absolute Gasteiger partial charge is 0.318 e. The van der Waals surface area contributed by atoms with Crippen molar-refractivity contribution in [3.63, 3.8) is 0 Å². The number of nitrogens with zero attached hydrogens (tertiary/aromatic N) is 1. The molecule has 0 unspecified atom stereocenters. The van der Waals surface area contributed by atoms with Gasteiger partial charge in [-0.15, -0.1) is 0 Å². The van der Waals surface area contributed by atoms with E-state index in [1.807, 2.05) is 0 Å². The van der Waals surface area contributed by atoms with E-state index in [1.54, 1.807) is 13.8 Å². The Morgan fingerprint density at radius 3 is 2.16 bits per heavy atom. The molecular weight excluding hydrogens is 296 g/mol. The summed E-state index contributed by atoms with van der Waals surface area (Å²) in [4.78, 5) is 10.6. The molecule has 0 fully saturated rings. The lowest BCUT2D eigenvalue weighted by Crippen LogP contribution is -2.44. The van der Waals surface area contributed by atoms with Gasteiger partial charge in [-0.25, -0.2) is 21.6 Å². The number of sulfonamides is 2. The third kappa shape index (κ3) is 6.85. The van der Waals surface area contributed by atoms with Crippen molar-refractivity contribution in [2.75, 3.05) is 24.6 Å². The molecule has 0 heterocycles. The van der Waals surface area contributed by atoms with E-state index in [1.165, 1.54) is 6.92 Å². The molecule has 0 saturated heterocycles. The molecule has 2 N–H and O–H groups in total. The van der Waals surface area contributed by atoms with E-state index in [0.717, 1.165) is 4.31 Å². The molecule has 0 aliphatic carbocycles. The topological polar surface area (TPSA) is 121 Å². The zero-order chi connectivity index (χ0) is 15.3. The molecule has 0 saturated carbocycles. The van der Waals surface area contributed by atoms with Crippen molar-refractivity contribution < 1.29 is 26.7 Å². The minimum absolute atomic E-state index is 0.143. The van der Waals surface area contributed by atoms with E-state index in [0.29, 0.717) is 0 Å². The van der Waals surface area contributed by atoms with Gasteiger partial charge in [-0.2, -0.15) is 4.31 Å². The highest BCUT2D eigenvalue weighted by Gasteiger charge is 2.27. The summed E-state index contributed by atoms with van der Waals surface area (Å²) in [7, 11) is -7.28. The van der Waals surface area contributed by atoms with Crippen LogP contribution in [0.2, 0.25) is 0 Å². The van der Waals surface area contributed by atoms with Crippen LogP contribution in [0.25, 0.3) is 0 Å². The monoisotopic (exact) mass is 316 g/mol. The predicted molar refractivity (Wildman–Crippen MR) is 70.7 cm³/mol. The lowest BCUT2D eigenvalue weighted by molar-refractivity contribution is -0.137. The van der Waals surface area contributed by atoms with Crippen LogP contribution in [0.15, 0.2) is 0 Å². The Morgan fingerprint density at radius 2 is 1.79 bits per heavy atom. The molecule has 0 atom stereocenters. The average Bonchev–Trinajstić information content (AvgIpc) is 2.24. The molecule has 0 spiro atoms. The normalized spacial score (nSPS) is 13.1. The van der Waals surface area contributed by atoms with E-state index in [2.05, 4.69) is 4.72 Å². The Kier molecular flexibility index (Phi) is 6.91. The fourth-order valence-electron chi connectivity index (χ4n) is 1.28. The van der Waals surface area contributed by atoms with Crippen LogP contribution in [-0.2, 0) is 24.8 Å². The summed E-state index contributed by atoms with van der Waals surface area (Å²) < 4.78 is 49.1.